The molecule has 0 bridgehead atoms. The monoisotopic (exact) mass is 330 g/mol. The first-order valence-electron chi connectivity index (χ1n) is 6.53. The van der Waals surface area contributed by atoms with Gasteiger partial charge in [-0.1, -0.05) is 29.8 Å². The van der Waals surface area contributed by atoms with Crippen molar-refractivity contribution in [2.75, 3.05) is 11.8 Å². The Labute approximate surface area is 134 Å². The van der Waals surface area contributed by atoms with Gasteiger partial charge in [0.25, 0.3) is 0 Å². The van der Waals surface area contributed by atoms with Gasteiger partial charge >= 0.3 is 0 Å². The standard InChI is InChI=1S/C15H17Cl3N2/c1-2-20-9-12(8-19-20)7-15(10-16,11-17)13-5-3-4-6-14(13)18/h3-6,8-9H,2,7,10-11H2,1H3. The molecule has 2 rings (SSSR count). The van der Waals surface area contributed by atoms with Crippen LogP contribution in [-0.4, -0.2) is 21.5 Å². The van der Waals surface area contributed by atoms with Gasteiger partial charge in [-0.3, -0.25) is 4.68 Å². The van der Waals surface area contributed by atoms with Gasteiger partial charge in [-0.25, -0.2) is 0 Å². The fraction of sp³-hybridized carbons (Fsp3) is 0.400. The van der Waals surface area contributed by atoms with Crippen molar-refractivity contribution in [3.05, 3.63) is 52.8 Å². The first-order valence-corrected chi connectivity index (χ1v) is 7.98. The maximum atomic E-state index is 6.33. The normalized spacial score (nSPS) is 11.8. The molecule has 0 amide bonds. The van der Waals surface area contributed by atoms with Gasteiger partial charge in [0, 0.05) is 34.9 Å². The van der Waals surface area contributed by atoms with Crippen LogP contribution in [0.2, 0.25) is 5.02 Å². The number of rotatable bonds is 6. The second-order valence-electron chi connectivity index (χ2n) is 4.91. The van der Waals surface area contributed by atoms with Crippen LogP contribution in [0.25, 0.3) is 0 Å². The molecule has 2 aromatic rings. The Kier molecular flexibility index (Phi) is 5.36. The van der Waals surface area contributed by atoms with Crippen LogP contribution in [0.3, 0.4) is 0 Å². The molecule has 0 aliphatic rings. The summed E-state index contributed by atoms with van der Waals surface area (Å²) in [6.07, 6.45) is 4.63. The minimum absolute atomic E-state index is 0.372. The molecule has 0 radical (unpaired) electrons. The highest BCUT2D eigenvalue weighted by molar-refractivity contribution is 6.32. The summed E-state index contributed by atoms with van der Waals surface area (Å²) in [6.45, 7) is 2.90. The Bertz CT molecular complexity index is 562. The lowest BCUT2D eigenvalue weighted by atomic mass is 9.79. The minimum atomic E-state index is -0.372. The van der Waals surface area contributed by atoms with Gasteiger partial charge in [-0.2, -0.15) is 5.10 Å². The predicted molar refractivity (Wildman–Crippen MR) is 86.2 cm³/mol. The number of nitrogens with zero attached hydrogens (tertiary/aromatic N) is 2. The first-order chi connectivity index (χ1) is 9.65. The van der Waals surface area contributed by atoms with Crippen molar-refractivity contribution in [2.24, 2.45) is 0 Å². The van der Waals surface area contributed by atoms with Crippen molar-refractivity contribution in [3.8, 4) is 0 Å². The summed E-state index contributed by atoms with van der Waals surface area (Å²) in [5.41, 5.74) is 1.74. The highest BCUT2D eigenvalue weighted by Gasteiger charge is 2.33. The van der Waals surface area contributed by atoms with E-state index in [0.717, 1.165) is 24.1 Å². The number of hydrogen-bond donors (Lipinski definition) is 0. The Morgan fingerprint density at radius 1 is 1.20 bits per heavy atom. The third-order valence-electron chi connectivity index (χ3n) is 3.51. The van der Waals surface area contributed by atoms with Gasteiger partial charge in [-0.05, 0) is 30.5 Å². The van der Waals surface area contributed by atoms with Crippen LogP contribution < -0.4 is 0 Å². The van der Waals surface area contributed by atoms with E-state index in [1.54, 1.807) is 0 Å². The highest BCUT2D eigenvalue weighted by atomic mass is 35.5. The molecular formula is C15H17Cl3N2. The molecule has 0 aliphatic carbocycles. The fourth-order valence-electron chi connectivity index (χ4n) is 2.32. The summed E-state index contributed by atoms with van der Waals surface area (Å²) in [6, 6.07) is 7.75. The van der Waals surface area contributed by atoms with E-state index in [1.165, 1.54) is 0 Å². The molecule has 5 heteroatoms. The molecular weight excluding hydrogens is 315 g/mol. The van der Waals surface area contributed by atoms with Crippen molar-refractivity contribution in [3.63, 3.8) is 0 Å². The molecule has 1 aromatic carbocycles. The molecule has 0 N–H and O–H groups in total. The summed E-state index contributed by atoms with van der Waals surface area (Å²) >= 11 is 18.8. The van der Waals surface area contributed by atoms with Crippen molar-refractivity contribution in [1.82, 2.24) is 9.78 Å². The van der Waals surface area contributed by atoms with Gasteiger partial charge in [0.2, 0.25) is 0 Å². The van der Waals surface area contributed by atoms with Crippen molar-refractivity contribution in [1.29, 1.82) is 0 Å². The summed E-state index contributed by atoms with van der Waals surface area (Å²) in [7, 11) is 0. The Morgan fingerprint density at radius 3 is 2.45 bits per heavy atom. The number of aromatic nitrogens is 2. The largest absolute Gasteiger partial charge is 0.273 e. The van der Waals surface area contributed by atoms with E-state index in [1.807, 2.05) is 41.3 Å². The van der Waals surface area contributed by atoms with Crippen molar-refractivity contribution in [2.45, 2.75) is 25.3 Å². The fourth-order valence-corrected chi connectivity index (χ4v) is 3.42. The van der Waals surface area contributed by atoms with Gasteiger partial charge in [0.05, 0.1) is 6.20 Å². The zero-order chi connectivity index (χ0) is 14.6. The molecule has 0 atom stereocenters. The first kappa shape index (κ1) is 15.7. The summed E-state index contributed by atoms with van der Waals surface area (Å²) < 4.78 is 1.90. The third-order valence-corrected chi connectivity index (χ3v) is 4.86. The molecule has 0 saturated carbocycles. The van der Waals surface area contributed by atoms with Gasteiger partial charge in [0.1, 0.15) is 0 Å². The molecule has 1 aromatic heterocycles. The summed E-state index contributed by atoms with van der Waals surface area (Å²) in [5, 5.41) is 5.01. The molecule has 0 fully saturated rings. The van der Waals surface area contributed by atoms with E-state index in [2.05, 4.69) is 12.0 Å². The van der Waals surface area contributed by atoms with Gasteiger partial charge in [-0.15, -0.1) is 23.2 Å². The SMILES string of the molecule is CCn1cc(CC(CCl)(CCl)c2ccccc2Cl)cn1. The van der Waals surface area contributed by atoms with E-state index < -0.39 is 0 Å². The maximum Gasteiger partial charge on any atom is 0.0522 e. The molecule has 0 aliphatic heterocycles. The van der Waals surface area contributed by atoms with Crippen LogP contribution >= 0.6 is 34.8 Å². The van der Waals surface area contributed by atoms with Crippen LogP contribution in [0.4, 0.5) is 0 Å². The zero-order valence-corrected chi connectivity index (χ0v) is 13.6. The van der Waals surface area contributed by atoms with Gasteiger partial charge in [0.15, 0.2) is 0 Å². The van der Waals surface area contributed by atoms with Gasteiger partial charge < -0.3 is 0 Å². The minimum Gasteiger partial charge on any atom is -0.273 e. The van der Waals surface area contributed by atoms with E-state index in [4.69, 9.17) is 34.8 Å². The molecule has 0 saturated heterocycles. The van der Waals surface area contributed by atoms with Crippen LogP contribution in [0.5, 0.6) is 0 Å². The molecule has 108 valence electrons. The maximum absolute atomic E-state index is 6.33. The van der Waals surface area contributed by atoms with E-state index in [-0.39, 0.29) is 5.41 Å². The van der Waals surface area contributed by atoms with Crippen molar-refractivity contribution < 1.29 is 0 Å². The summed E-state index contributed by atoms with van der Waals surface area (Å²) in [4.78, 5) is 0. The molecule has 0 unspecified atom stereocenters. The van der Waals surface area contributed by atoms with Crippen LogP contribution in [0, 0.1) is 0 Å². The highest BCUT2D eigenvalue weighted by Crippen LogP contribution is 2.35. The molecule has 1 heterocycles. The number of aryl methyl sites for hydroxylation is 1. The molecule has 20 heavy (non-hydrogen) atoms. The Balaban J connectivity index is 2.37. The number of halogens is 3. The van der Waals surface area contributed by atoms with E-state index in [9.17, 15) is 0 Å². The quantitative estimate of drug-likeness (QED) is 0.712. The predicted octanol–water partition coefficient (Wildman–Crippen LogP) is 4.51. The Morgan fingerprint density at radius 2 is 1.90 bits per heavy atom. The second-order valence-corrected chi connectivity index (χ2v) is 5.85. The summed E-state index contributed by atoms with van der Waals surface area (Å²) in [5.74, 6) is 0.828. The molecule has 2 nitrogen and oxygen atoms in total. The smallest absolute Gasteiger partial charge is 0.0522 e. The number of alkyl halides is 2. The zero-order valence-electron chi connectivity index (χ0n) is 11.3. The second kappa shape index (κ2) is 6.84. The van der Waals surface area contributed by atoms with Crippen molar-refractivity contribution >= 4 is 34.8 Å². The van der Waals surface area contributed by atoms with E-state index in [0.29, 0.717) is 16.8 Å². The average molecular weight is 332 g/mol. The van der Waals surface area contributed by atoms with Crippen LogP contribution in [0.15, 0.2) is 36.7 Å². The molecule has 0 spiro atoms. The lowest BCUT2D eigenvalue weighted by Crippen LogP contribution is -2.33. The number of hydrogen-bond acceptors (Lipinski definition) is 1. The van der Waals surface area contributed by atoms with Crippen LogP contribution in [0.1, 0.15) is 18.1 Å². The van der Waals surface area contributed by atoms with Crippen LogP contribution in [-0.2, 0) is 18.4 Å². The topological polar surface area (TPSA) is 17.8 Å². The lowest BCUT2D eigenvalue weighted by Gasteiger charge is -2.30. The average Bonchev–Trinajstić information content (AvgIpc) is 2.93. The third kappa shape index (κ3) is 3.13. The van der Waals surface area contributed by atoms with E-state index >= 15 is 0 Å². The Hall–Kier alpha value is -0.700. The number of benzene rings is 1. The lowest BCUT2D eigenvalue weighted by molar-refractivity contribution is 0.536.